The molecule has 0 aliphatic heterocycles. The molecular weight excluding hydrogens is 211 g/mol. The van der Waals surface area contributed by atoms with Crippen LogP contribution >= 0.6 is 22.9 Å². The Bertz CT molecular complexity index is 291. The molecule has 13 heavy (non-hydrogen) atoms. The summed E-state index contributed by atoms with van der Waals surface area (Å²) >= 11 is 7.06. The molecule has 2 atom stereocenters. The van der Waals surface area contributed by atoms with Gasteiger partial charge in [-0.15, -0.1) is 0 Å². The third-order valence-electron chi connectivity index (χ3n) is 2.22. The fourth-order valence-corrected chi connectivity index (χ4v) is 2.43. The van der Waals surface area contributed by atoms with E-state index in [1.807, 2.05) is 0 Å². The fraction of sp³-hybridized carbons (Fsp3) is 0.625. The third kappa shape index (κ3) is 2.11. The maximum atomic E-state index is 13.2. The normalized spacial score (nSPS) is 27.8. The van der Waals surface area contributed by atoms with E-state index in [-0.39, 0.29) is 6.04 Å². The van der Waals surface area contributed by atoms with Gasteiger partial charge in [0.15, 0.2) is 5.13 Å². The summed E-state index contributed by atoms with van der Waals surface area (Å²) in [4.78, 5) is 4.02. The van der Waals surface area contributed by atoms with Crippen LogP contribution in [0.3, 0.4) is 0 Å². The van der Waals surface area contributed by atoms with Crippen molar-refractivity contribution in [1.29, 1.82) is 0 Å². The van der Waals surface area contributed by atoms with Gasteiger partial charge in [-0.3, -0.25) is 0 Å². The monoisotopic (exact) mass is 220 g/mol. The Balaban J connectivity index is 1.97. The Morgan fingerprint density at radius 3 is 3.00 bits per heavy atom. The second-order valence-corrected chi connectivity index (χ2v) is 4.83. The molecule has 1 aliphatic carbocycles. The minimum absolute atomic E-state index is 0.0674. The van der Waals surface area contributed by atoms with E-state index in [9.17, 15) is 4.39 Å². The zero-order valence-electron chi connectivity index (χ0n) is 6.96. The molecule has 0 spiro atoms. The molecule has 72 valence electrons. The van der Waals surface area contributed by atoms with Crippen LogP contribution < -0.4 is 5.32 Å². The maximum absolute atomic E-state index is 13.2. The highest BCUT2D eigenvalue weighted by Crippen LogP contribution is 2.28. The van der Waals surface area contributed by atoms with Gasteiger partial charge in [0.2, 0.25) is 0 Å². The number of halogens is 2. The van der Waals surface area contributed by atoms with E-state index in [2.05, 4.69) is 10.3 Å². The number of thiazole rings is 1. The first kappa shape index (κ1) is 9.21. The fourth-order valence-electron chi connectivity index (χ4n) is 1.56. The molecule has 0 bridgehead atoms. The number of aromatic nitrogens is 1. The van der Waals surface area contributed by atoms with Crippen LogP contribution in [0.1, 0.15) is 19.3 Å². The predicted octanol–water partition coefficient (Wildman–Crippen LogP) is 3.10. The Hall–Kier alpha value is -0.350. The van der Waals surface area contributed by atoms with Crippen molar-refractivity contribution in [2.24, 2.45) is 0 Å². The molecule has 1 aromatic heterocycles. The summed E-state index contributed by atoms with van der Waals surface area (Å²) in [5, 5.41) is 3.78. The molecule has 2 nitrogen and oxygen atoms in total. The van der Waals surface area contributed by atoms with E-state index in [4.69, 9.17) is 11.6 Å². The van der Waals surface area contributed by atoms with Crippen LogP contribution in [-0.4, -0.2) is 17.2 Å². The van der Waals surface area contributed by atoms with Crippen LogP contribution in [0, 0.1) is 0 Å². The summed E-state index contributed by atoms with van der Waals surface area (Å²) in [6.07, 6.45) is 3.35. The Morgan fingerprint density at radius 2 is 2.46 bits per heavy atom. The lowest BCUT2D eigenvalue weighted by molar-refractivity contribution is 0.323. The molecule has 1 aromatic rings. The number of alkyl halides is 1. The number of hydrogen-bond donors (Lipinski definition) is 1. The molecular formula is C8H10ClFN2S. The van der Waals surface area contributed by atoms with Gasteiger partial charge in [0.1, 0.15) is 10.5 Å². The molecule has 1 saturated carbocycles. The molecule has 0 amide bonds. The zero-order valence-corrected chi connectivity index (χ0v) is 8.54. The predicted molar refractivity (Wildman–Crippen MR) is 53.3 cm³/mol. The number of nitrogens with zero attached hydrogens (tertiary/aromatic N) is 1. The van der Waals surface area contributed by atoms with Gasteiger partial charge in [0.25, 0.3) is 0 Å². The Kier molecular flexibility index (Phi) is 2.69. The van der Waals surface area contributed by atoms with Crippen molar-refractivity contribution in [3.8, 4) is 0 Å². The smallest absolute Gasteiger partial charge is 0.184 e. The number of hydrogen-bond acceptors (Lipinski definition) is 3. The largest absolute Gasteiger partial charge is 0.356 e. The molecule has 1 fully saturated rings. The first-order valence-electron chi connectivity index (χ1n) is 4.27. The molecule has 1 heterocycles. The van der Waals surface area contributed by atoms with Gasteiger partial charge in [-0.05, 0) is 19.3 Å². The molecule has 0 saturated heterocycles. The van der Waals surface area contributed by atoms with E-state index in [0.29, 0.717) is 10.8 Å². The van der Waals surface area contributed by atoms with Gasteiger partial charge >= 0.3 is 0 Å². The van der Waals surface area contributed by atoms with Crippen molar-refractivity contribution in [2.75, 3.05) is 5.32 Å². The molecule has 2 rings (SSSR count). The Labute approximate surface area is 85.1 Å². The summed E-state index contributed by atoms with van der Waals surface area (Å²) in [5.41, 5.74) is 0. The summed E-state index contributed by atoms with van der Waals surface area (Å²) < 4.78 is 13.8. The lowest BCUT2D eigenvalue weighted by Gasteiger charge is -2.13. The number of anilines is 1. The highest BCUT2D eigenvalue weighted by Gasteiger charge is 2.27. The number of nitrogens with one attached hydrogen (secondary N) is 1. The summed E-state index contributed by atoms with van der Waals surface area (Å²) in [5.74, 6) is 0. The van der Waals surface area contributed by atoms with Crippen LogP contribution in [0.2, 0.25) is 4.34 Å². The maximum Gasteiger partial charge on any atom is 0.184 e. The lowest BCUT2D eigenvalue weighted by Crippen LogP contribution is -2.24. The van der Waals surface area contributed by atoms with Crippen molar-refractivity contribution in [3.05, 3.63) is 10.5 Å². The molecule has 1 N–H and O–H groups in total. The molecule has 0 unspecified atom stereocenters. The van der Waals surface area contributed by atoms with E-state index in [1.54, 1.807) is 6.20 Å². The van der Waals surface area contributed by atoms with E-state index < -0.39 is 6.17 Å². The minimum atomic E-state index is -0.734. The SMILES string of the molecule is F[C@H]1CCC[C@H]1Nc1ncc(Cl)s1. The summed E-state index contributed by atoms with van der Waals surface area (Å²) in [6.45, 7) is 0. The van der Waals surface area contributed by atoms with E-state index >= 15 is 0 Å². The standard InChI is InChI=1S/C8H10ClFN2S/c9-7-4-11-8(13-7)12-6-3-1-2-5(6)10/h4-6H,1-3H2,(H,11,12)/t5-,6+/m0/s1. The van der Waals surface area contributed by atoms with Crippen LogP contribution in [-0.2, 0) is 0 Å². The van der Waals surface area contributed by atoms with Crippen LogP contribution in [0.4, 0.5) is 9.52 Å². The van der Waals surface area contributed by atoms with Gasteiger partial charge in [-0.1, -0.05) is 22.9 Å². The second-order valence-electron chi connectivity index (χ2n) is 3.17. The highest BCUT2D eigenvalue weighted by atomic mass is 35.5. The topological polar surface area (TPSA) is 24.9 Å². The summed E-state index contributed by atoms with van der Waals surface area (Å²) in [6, 6.07) is -0.0674. The average Bonchev–Trinajstić information content (AvgIpc) is 2.64. The van der Waals surface area contributed by atoms with Crippen molar-refractivity contribution < 1.29 is 4.39 Å². The first-order chi connectivity index (χ1) is 6.25. The van der Waals surface area contributed by atoms with Gasteiger partial charge in [-0.25, -0.2) is 9.37 Å². The molecule has 0 aromatic carbocycles. The van der Waals surface area contributed by atoms with E-state index in [0.717, 1.165) is 18.0 Å². The first-order valence-corrected chi connectivity index (χ1v) is 5.47. The van der Waals surface area contributed by atoms with Crippen molar-refractivity contribution in [2.45, 2.75) is 31.5 Å². The lowest BCUT2D eigenvalue weighted by atomic mass is 10.2. The second kappa shape index (κ2) is 3.80. The number of rotatable bonds is 2. The van der Waals surface area contributed by atoms with Crippen molar-refractivity contribution in [3.63, 3.8) is 0 Å². The molecule has 5 heteroatoms. The third-order valence-corrected chi connectivity index (χ3v) is 3.26. The van der Waals surface area contributed by atoms with Crippen molar-refractivity contribution in [1.82, 2.24) is 4.98 Å². The van der Waals surface area contributed by atoms with Crippen molar-refractivity contribution >= 4 is 28.1 Å². The Morgan fingerprint density at radius 1 is 1.62 bits per heavy atom. The quantitative estimate of drug-likeness (QED) is 0.829. The minimum Gasteiger partial charge on any atom is -0.356 e. The van der Waals surface area contributed by atoms with Gasteiger partial charge < -0.3 is 5.32 Å². The average molecular weight is 221 g/mol. The highest BCUT2D eigenvalue weighted by molar-refractivity contribution is 7.19. The van der Waals surface area contributed by atoms with E-state index in [1.165, 1.54) is 11.3 Å². The molecule has 1 aliphatic rings. The van der Waals surface area contributed by atoms with Gasteiger partial charge in [0.05, 0.1) is 12.2 Å². The zero-order chi connectivity index (χ0) is 9.26. The summed E-state index contributed by atoms with van der Waals surface area (Å²) in [7, 11) is 0. The van der Waals surface area contributed by atoms with Crippen LogP contribution in [0.25, 0.3) is 0 Å². The van der Waals surface area contributed by atoms with Crippen LogP contribution in [0.15, 0.2) is 6.20 Å². The van der Waals surface area contributed by atoms with Crippen LogP contribution in [0.5, 0.6) is 0 Å². The molecule has 0 radical (unpaired) electrons. The van der Waals surface area contributed by atoms with Gasteiger partial charge in [0, 0.05) is 0 Å². The van der Waals surface area contributed by atoms with Gasteiger partial charge in [-0.2, -0.15) is 0 Å².